The molecular formula is C15H16F2N2O2. The fourth-order valence-corrected chi connectivity index (χ4v) is 1.88. The van der Waals surface area contributed by atoms with Gasteiger partial charge in [-0.05, 0) is 24.6 Å². The van der Waals surface area contributed by atoms with E-state index in [2.05, 4.69) is 4.98 Å². The van der Waals surface area contributed by atoms with Crippen molar-refractivity contribution in [3.63, 3.8) is 0 Å². The highest BCUT2D eigenvalue weighted by molar-refractivity contribution is 5.55. The predicted molar refractivity (Wildman–Crippen MR) is 75.5 cm³/mol. The smallest absolute Gasteiger partial charge is 0.320 e. The molecule has 1 aromatic heterocycles. The summed E-state index contributed by atoms with van der Waals surface area (Å²) in [5, 5.41) is 0. The van der Waals surface area contributed by atoms with Crippen LogP contribution < -0.4 is 9.47 Å². The second-order valence-corrected chi connectivity index (χ2v) is 4.23. The molecule has 0 amide bonds. The van der Waals surface area contributed by atoms with Crippen molar-refractivity contribution in [2.75, 3.05) is 7.11 Å². The Labute approximate surface area is 121 Å². The molecule has 0 N–H and O–H groups in total. The number of aromatic nitrogens is 2. The Kier molecular flexibility index (Phi) is 4.92. The molecule has 0 bridgehead atoms. The van der Waals surface area contributed by atoms with Gasteiger partial charge in [-0.25, -0.2) is 4.98 Å². The highest BCUT2D eigenvalue weighted by Crippen LogP contribution is 2.29. The maximum Gasteiger partial charge on any atom is 0.320 e. The quantitative estimate of drug-likeness (QED) is 0.810. The molecule has 1 heterocycles. The predicted octanol–water partition coefficient (Wildman–Crippen LogP) is 3.90. The van der Waals surface area contributed by atoms with Crippen molar-refractivity contribution in [3.8, 4) is 11.5 Å². The topological polar surface area (TPSA) is 36.3 Å². The number of hydrogen-bond donors (Lipinski definition) is 0. The van der Waals surface area contributed by atoms with Crippen LogP contribution in [0.15, 0.2) is 36.7 Å². The van der Waals surface area contributed by atoms with Gasteiger partial charge in [-0.1, -0.05) is 18.2 Å². The standard InChI is InChI=1S/C15H16F2N2O2/c1-3-4-11-5-6-12(13(9-11)20-2)21-10-14-18-7-8-19(14)15(16)17/h3-9,15H,10H2,1-2H3. The third-order valence-corrected chi connectivity index (χ3v) is 2.86. The average molecular weight is 294 g/mol. The van der Waals surface area contributed by atoms with Gasteiger partial charge in [0.05, 0.1) is 7.11 Å². The Hall–Kier alpha value is -2.37. The second-order valence-electron chi connectivity index (χ2n) is 4.23. The normalized spacial score (nSPS) is 11.3. The summed E-state index contributed by atoms with van der Waals surface area (Å²) in [5.74, 6) is 1.18. The highest BCUT2D eigenvalue weighted by Gasteiger charge is 2.13. The average Bonchev–Trinajstić information content (AvgIpc) is 2.94. The minimum atomic E-state index is -2.63. The molecule has 0 fully saturated rings. The van der Waals surface area contributed by atoms with Crippen molar-refractivity contribution >= 4 is 6.08 Å². The zero-order valence-corrected chi connectivity index (χ0v) is 11.8. The van der Waals surface area contributed by atoms with Crippen LogP contribution in [0.2, 0.25) is 0 Å². The molecule has 0 aliphatic carbocycles. The van der Waals surface area contributed by atoms with Crippen molar-refractivity contribution in [1.82, 2.24) is 9.55 Å². The first-order valence-electron chi connectivity index (χ1n) is 6.39. The summed E-state index contributed by atoms with van der Waals surface area (Å²) in [5.41, 5.74) is 0.968. The van der Waals surface area contributed by atoms with Gasteiger partial charge >= 0.3 is 6.55 Å². The Bertz CT molecular complexity index is 624. The fourth-order valence-electron chi connectivity index (χ4n) is 1.88. The van der Waals surface area contributed by atoms with Gasteiger partial charge in [0.2, 0.25) is 0 Å². The number of ether oxygens (including phenoxy) is 2. The third-order valence-electron chi connectivity index (χ3n) is 2.86. The van der Waals surface area contributed by atoms with Crippen molar-refractivity contribution in [3.05, 3.63) is 48.1 Å². The molecule has 6 heteroatoms. The zero-order valence-electron chi connectivity index (χ0n) is 11.8. The number of allylic oxidation sites excluding steroid dienone is 1. The molecule has 2 aromatic rings. The van der Waals surface area contributed by atoms with Crippen LogP contribution in [0.25, 0.3) is 6.08 Å². The second kappa shape index (κ2) is 6.88. The van der Waals surface area contributed by atoms with E-state index < -0.39 is 6.55 Å². The lowest BCUT2D eigenvalue weighted by molar-refractivity contribution is 0.0631. The molecule has 0 aliphatic rings. The molecule has 0 radical (unpaired) electrons. The van der Waals surface area contributed by atoms with E-state index >= 15 is 0 Å². The maximum absolute atomic E-state index is 12.7. The van der Waals surface area contributed by atoms with Crippen LogP contribution in [0.3, 0.4) is 0 Å². The van der Waals surface area contributed by atoms with Gasteiger partial charge in [0, 0.05) is 12.4 Å². The molecule has 1 aromatic carbocycles. The molecule has 21 heavy (non-hydrogen) atoms. The number of halogens is 2. The van der Waals surface area contributed by atoms with Gasteiger partial charge in [-0.3, -0.25) is 4.57 Å². The van der Waals surface area contributed by atoms with Gasteiger partial charge in [0.15, 0.2) is 17.3 Å². The van der Waals surface area contributed by atoms with E-state index in [0.717, 1.165) is 10.1 Å². The van der Waals surface area contributed by atoms with Crippen LogP contribution >= 0.6 is 0 Å². The molecule has 4 nitrogen and oxygen atoms in total. The van der Waals surface area contributed by atoms with Gasteiger partial charge in [-0.2, -0.15) is 8.78 Å². The summed E-state index contributed by atoms with van der Waals surface area (Å²) in [6, 6.07) is 5.41. The van der Waals surface area contributed by atoms with E-state index in [0.29, 0.717) is 11.5 Å². The fraction of sp³-hybridized carbons (Fsp3) is 0.267. The molecule has 0 unspecified atom stereocenters. The minimum Gasteiger partial charge on any atom is -0.493 e. The molecule has 112 valence electrons. The first-order valence-corrected chi connectivity index (χ1v) is 6.39. The Balaban J connectivity index is 2.14. The molecule has 0 saturated heterocycles. The molecule has 0 aliphatic heterocycles. The minimum absolute atomic E-state index is 0.0589. The summed E-state index contributed by atoms with van der Waals surface area (Å²) in [4.78, 5) is 3.86. The summed E-state index contributed by atoms with van der Waals surface area (Å²) in [6.07, 6.45) is 6.37. The summed E-state index contributed by atoms with van der Waals surface area (Å²) >= 11 is 0. The highest BCUT2D eigenvalue weighted by atomic mass is 19.3. The number of nitrogens with zero attached hydrogens (tertiary/aromatic N) is 2. The van der Waals surface area contributed by atoms with E-state index in [1.165, 1.54) is 19.5 Å². The van der Waals surface area contributed by atoms with Crippen LogP contribution in [0.5, 0.6) is 11.5 Å². The van der Waals surface area contributed by atoms with Crippen LogP contribution in [0.4, 0.5) is 8.78 Å². The zero-order chi connectivity index (χ0) is 15.2. The number of imidazole rings is 1. The van der Waals surface area contributed by atoms with Gasteiger partial charge in [-0.15, -0.1) is 0 Å². The molecular weight excluding hydrogens is 278 g/mol. The van der Waals surface area contributed by atoms with Crippen LogP contribution in [0.1, 0.15) is 24.9 Å². The van der Waals surface area contributed by atoms with Crippen molar-refractivity contribution in [2.45, 2.75) is 20.1 Å². The lowest BCUT2D eigenvalue weighted by Crippen LogP contribution is -2.07. The molecule has 0 spiro atoms. The summed E-state index contributed by atoms with van der Waals surface area (Å²) in [6.45, 7) is -0.775. The number of alkyl halides is 2. The number of hydrogen-bond acceptors (Lipinski definition) is 3. The van der Waals surface area contributed by atoms with E-state index in [9.17, 15) is 8.78 Å². The Morgan fingerprint density at radius 1 is 1.33 bits per heavy atom. The van der Waals surface area contributed by atoms with Crippen LogP contribution in [-0.4, -0.2) is 16.7 Å². The van der Waals surface area contributed by atoms with Crippen molar-refractivity contribution < 1.29 is 18.3 Å². The molecule has 2 rings (SSSR count). The lowest BCUT2D eigenvalue weighted by Gasteiger charge is -2.12. The molecule has 0 atom stereocenters. The van der Waals surface area contributed by atoms with E-state index in [1.807, 2.05) is 31.2 Å². The number of benzene rings is 1. The van der Waals surface area contributed by atoms with Crippen LogP contribution in [0, 0.1) is 0 Å². The first-order chi connectivity index (χ1) is 10.2. The lowest BCUT2D eigenvalue weighted by atomic mass is 10.2. The monoisotopic (exact) mass is 294 g/mol. The first kappa shape index (κ1) is 15.0. The van der Waals surface area contributed by atoms with Crippen LogP contribution in [-0.2, 0) is 6.61 Å². The van der Waals surface area contributed by atoms with Gasteiger partial charge < -0.3 is 9.47 Å². The maximum atomic E-state index is 12.7. The largest absolute Gasteiger partial charge is 0.493 e. The van der Waals surface area contributed by atoms with E-state index in [4.69, 9.17) is 9.47 Å². The molecule has 0 saturated carbocycles. The SMILES string of the molecule is CC=Cc1ccc(OCc2nccn2C(F)F)c(OC)c1. The van der Waals surface area contributed by atoms with Gasteiger partial charge in [0.1, 0.15) is 6.61 Å². The Morgan fingerprint density at radius 2 is 2.14 bits per heavy atom. The summed E-state index contributed by atoms with van der Waals surface area (Å²) < 4.78 is 37.0. The number of rotatable bonds is 6. The third kappa shape index (κ3) is 3.59. The van der Waals surface area contributed by atoms with Crippen molar-refractivity contribution in [1.29, 1.82) is 0 Å². The van der Waals surface area contributed by atoms with Crippen molar-refractivity contribution in [2.24, 2.45) is 0 Å². The van der Waals surface area contributed by atoms with E-state index in [1.54, 1.807) is 6.07 Å². The Morgan fingerprint density at radius 3 is 2.81 bits per heavy atom. The number of methoxy groups -OCH3 is 1. The summed E-state index contributed by atoms with van der Waals surface area (Å²) in [7, 11) is 1.53. The van der Waals surface area contributed by atoms with Gasteiger partial charge in [0.25, 0.3) is 0 Å². The van der Waals surface area contributed by atoms with E-state index in [-0.39, 0.29) is 12.4 Å².